The highest BCUT2D eigenvalue weighted by Gasteiger charge is 2.47. The number of rotatable bonds is 5. The molecule has 3 heteroatoms. The van der Waals surface area contributed by atoms with Crippen LogP contribution >= 0.6 is 0 Å². The van der Waals surface area contributed by atoms with E-state index in [9.17, 15) is 4.39 Å². The van der Waals surface area contributed by atoms with Gasteiger partial charge < -0.3 is 4.43 Å². The van der Waals surface area contributed by atoms with Crippen molar-refractivity contribution in [3.63, 3.8) is 0 Å². The van der Waals surface area contributed by atoms with E-state index in [0.29, 0.717) is 16.6 Å². The van der Waals surface area contributed by atoms with Gasteiger partial charge in [0.2, 0.25) is 8.32 Å². The molecule has 1 aromatic rings. The van der Waals surface area contributed by atoms with Gasteiger partial charge in [0.05, 0.1) is 6.10 Å². The molecule has 0 spiro atoms. The molecule has 22 heavy (non-hydrogen) atoms. The fourth-order valence-corrected chi connectivity index (χ4v) is 10.1. The van der Waals surface area contributed by atoms with Crippen LogP contribution in [0.5, 0.6) is 0 Å². The van der Waals surface area contributed by atoms with Crippen molar-refractivity contribution in [1.29, 1.82) is 0 Å². The maximum absolute atomic E-state index is 13.7. The Labute approximate surface area is 136 Å². The van der Waals surface area contributed by atoms with Gasteiger partial charge in [0.25, 0.3) is 0 Å². The number of benzene rings is 1. The van der Waals surface area contributed by atoms with E-state index in [0.717, 1.165) is 24.8 Å². The maximum Gasteiger partial charge on any atom is 0.201 e. The monoisotopic (exact) mass is 322 g/mol. The SMILES string of the molecule is CC(C)[Si](O[C@@H]1CCCc2ccc(F)cc21)(C(C)C)C(C)C. The van der Waals surface area contributed by atoms with Gasteiger partial charge in [-0.3, -0.25) is 0 Å². The van der Waals surface area contributed by atoms with Crippen LogP contribution in [0.15, 0.2) is 18.2 Å². The third kappa shape index (κ3) is 3.16. The second-order valence-corrected chi connectivity index (χ2v) is 13.1. The molecule has 0 amide bonds. The van der Waals surface area contributed by atoms with Crippen LogP contribution in [-0.2, 0) is 10.8 Å². The van der Waals surface area contributed by atoms with Crippen molar-refractivity contribution in [3.8, 4) is 0 Å². The average molecular weight is 323 g/mol. The molecular weight excluding hydrogens is 291 g/mol. The molecule has 1 nitrogen and oxygen atoms in total. The van der Waals surface area contributed by atoms with E-state index < -0.39 is 8.32 Å². The van der Waals surface area contributed by atoms with Crippen molar-refractivity contribution < 1.29 is 8.82 Å². The second-order valence-electron chi connectivity index (χ2n) is 7.66. The van der Waals surface area contributed by atoms with Crippen LogP contribution in [0, 0.1) is 5.82 Å². The van der Waals surface area contributed by atoms with Gasteiger partial charge in [-0.2, -0.15) is 0 Å². The molecule has 2 rings (SSSR count). The van der Waals surface area contributed by atoms with Crippen molar-refractivity contribution in [2.45, 2.75) is 83.5 Å². The lowest BCUT2D eigenvalue weighted by Crippen LogP contribution is -2.48. The lowest BCUT2D eigenvalue weighted by Gasteiger charge is -2.45. The van der Waals surface area contributed by atoms with Gasteiger partial charge in [0.1, 0.15) is 5.82 Å². The molecule has 1 aliphatic rings. The molecule has 0 saturated heterocycles. The van der Waals surface area contributed by atoms with E-state index in [2.05, 4.69) is 41.5 Å². The summed E-state index contributed by atoms with van der Waals surface area (Å²) in [5.41, 5.74) is 4.06. The molecule has 0 aliphatic heterocycles. The van der Waals surface area contributed by atoms with Gasteiger partial charge in [-0.25, -0.2) is 4.39 Å². The topological polar surface area (TPSA) is 9.23 Å². The Balaban J connectivity index is 2.38. The lowest BCUT2D eigenvalue weighted by atomic mass is 9.89. The van der Waals surface area contributed by atoms with Gasteiger partial charge >= 0.3 is 0 Å². The summed E-state index contributed by atoms with van der Waals surface area (Å²) in [5.74, 6) is -0.139. The maximum atomic E-state index is 13.7. The molecule has 1 aliphatic carbocycles. The Kier molecular flexibility index (Phi) is 5.49. The summed E-state index contributed by atoms with van der Waals surface area (Å²) in [7, 11) is -1.92. The number of hydrogen-bond donors (Lipinski definition) is 0. The molecule has 1 atom stereocenters. The van der Waals surface area contributed by atoms with Gasteiger partial charge in [0.15, 0.2) is 0 Å². The molecule has 0 radical (unpaired) electrons. The van der Waals surface area contributed by atoms with Crippen LogP contribution < -0.4 is 0 Å². The Morgan fingerprint density at radius 2 is 1.64 bits per heavy atom. The largest absolute Gasteiger partial charge is 0.409 e. The van der Waals surface area contributed by atoms with E-state index in [4.69, 9.17) is 4.43 Å². The van der Waals surface area contributed by atoms with Crippen molar-refractivity contribution >= 4 is 8.32 Å². The fraction of sp³-hybridized carbons (Fsp3) is 0.684. The summed E-state index contributed by atoms with van der Waals surface area (Å²) in [5, 5.41) is 0. The van der Waals surface area contributed by atoms with Crippen LogP contribution in [0.2, 0.25) is 16.6 Å². The number of fused-ring (bicyclic) bond motifs is 1. The molecule has 0 heterocycles. The second kappa shape index (κ2) is 6.84. The molecular formula is C19H31FOSi. The molecule has 124 valence electrons. The molecule has 0 saturated carbocycles. The summed E-state index contributed by atoms with van der Waals surface area (Å²) < 4.78 is 20.6. The first-order valence-electron chi connectivity index (χ1n) is 8.75. The molecule has 0 fully saturated rings. The Morgan fingerprint density at radius 3 is 2.18 bits per heavy atom. The zero-order chi connectivity index (χ0) is 16.5. The lowest BCUT2D eigenvalue weighted by molar-refractivity contribution is 0.156. The van der Waals surface area contributed by atoms with Crippen molar-refractivity contribution in [3.05, 3.63) is 35.1 Å². The van der Waals surface area contributed by atoms with Crippen molar-refractivity contribution in [2.24, 2.45) is 0 Å². The summed E-state index contributed by atoms with van der Waals surface area (Å²) in [6, 6.07) is 5.24. The zero-order valence-electron chi connectivity index (χ0n) is 14.9. The van der Waals surface area contributed by atoms with Crippen LogP contribution in [0.1, 0.15) is 71.6 Å². The van der Waals surface area contributed by atoms with Crippen LogP contribution in [0.25, 0.3) is 0 Å². The summed E-state index contributed by atoms with van der Waals surface area (Å²) >= 11 is 0. The fourth-order valence-electron chi connectivity index (χ4n) is 4.50. The van der Waals surface area contributed by atoms with E-state index in [1.807, 2.05) is 6.07 Å². The van der Waals surface area contributed by atoms with Gasteiger partial charge in [-0.1, -0.05) is 47.6 Å². The van der Waals surface area contributed by atoms with E-state index >= 15 is 0 Å². The molecule has 1 aromatic carbocycles. The van der Waals surface area contributed by atoms with Crippen molar-refractivity contribution in [2.75, 3.05) is 0 Å². The van der Waals surface area contributed by atoms with Crippen LogP contribution in [0.4, 0.5) is 4.39 Å². The number of hydrogen-bond acceptors (Lipinski definition) is 1. The molecule has 0 aromatic heterocycles. The highest BCUT2D eigenvalue weighted by molar-refractivity contribution is 6.77. The first kappa shape index (κ1) is 17.7. The summed E-state index contributed by atoms with van der Waals surface area (Å²) in [6.07, 6.45) is 3.30. The minimum Gasteiger partial charge on any atom is -0.409 e. The summed E-state index contributed by atoms with van der Waals surface area (Å²) in [4.78, 5) is 0. The Bertz CT molecular complexity index is 488. The molecule has 0 bridgehead atoms. The minimum atomic E-state index is -1.92. The Morgan fingerprint density at radius 1 is 1.05 bits per heavy atom. The average Bonchev–Trinajstić information content (AvgIpc) is 2.43. The van der Waals surface area contributed by atoms with Crippen LogP contribution in [-0.4, -0.2) is 8.32 Å². The highest BCUT2D eigenvalue weighted by atomic mass is 28.4. The zero-order valence-corrected chi connectivity index (χ0v) is 15.9. The van der Waals surface area contributed by atoms with Gasteiger partial charge in [0, 0.05) is 0 Å². The number of aryl methyl sites for hydroxylation is 1. The summed E-state index contributed by atoms with van der Waals surface area (Å²) in [6.45, 7) is 13.8. The Hall–Kier alpha value is -0.673. The number of halogens is 1. The van der Waals surface area contributed by atoms with Crippen LogP contribution in [0.3, 0.4) is 0 Å². The molecule has 0 N–H and O–H groups in total. The minimum absolute atomic E-state index is 0.0818. The first-order chi connectivity index (χ1) is 10.3. The predicted octanol–water partition coefficient (Wildman–Crippen LogP) is 6.40. The van der Waals surface area contributed by atoms with Gasteiger partial charge in [-0.15, -0.1) is 0 Å². The predicted molar refractivity (Wildman–Crippen MR) is 94.2 cm³/mol. The third-order valence-electron chi connectivity index (χ3n) is 5.42. The van der Waals surface area contributed by atoms with Gasteiger partial charge in [-0.05, 0) is 59.1 Å². The molecule has 0 unspecified atom stereocenters. The van der Waals surface area contributed by atoms with E-state index in [1.165, 1.54) is 5.56 Å². The highest BCUT2D eigenvalue weighted by Crippen LogP contribution is 2.47. The van der Waals surface area contributed by atoms with E-state index in [-0.39, 0.29) is 11.9 Å². The van der Waals surface area contributed by atoms with E-state index in [1.54, 1.807) is 12.1 Å². The smallest absolute Gasteiger partial charge is 0.201 e. The quantitative estimate of drug-likeness (QED) is 0.570. The normalized spacial score (nSPS) is 19.1. The first-order valence-corrected chi connectivity index (χ1v) is 10.9. The standard InChI is InChI=1S/C19H31FOSi/c1-13(2)22(14(3)4,15(5)6)21-19-9-7-8-16-10-11-17(20)12-18(16)19/h10-15,19H,7-9H2,1-6H3/t19-/m1/s1. The third-order valence-corrected chi connectivity index (χ3v) is 11.5. The van der Waals surface area contributed by atoms with Crippen molar-refractivity contribution in [1.82, 2.24) is 0 Å².